The molecule has 2 aromatic carbocycles. The molecule has 1 N–H and O–H groups in total. The van der Waals surface area contributed by atoms with Gasteiger partial charge in [0.25, 0.3) is 5.91 Å². The highest BCUT2D eigenvalue weighted by Crippen LogP contribution is 2.18. The highest BCUT2D eigenvalue weighted by atomic mass is 79.9. The molecule has 158 valence electrons. The van der Waals surface area contributed by atoms with Gasteiger partial charge in [0.15, 0.2) is 0 Å². The van der Waals surface area contributed by atoms with Gasteiger partial charge >= 0.3 is 0 Å². The van der Waals surface area contributed by atoms with Gasteiger partial charge in [-0.3, -0.25) is 9.59 Å². The molecule has 7 heteroatoms. The van der Waals surface area contributed by atoms with Crippen LogP contribution in [-0.4, -0.2) is 45.9 Å². The van der Waals surface area contributed by atoms with Crippen molar-refractivity contribution in [2.45, 2.75) is 33.2 Å². The van der Waals surface area contributed by atoms with Gasteiger partial charge in [-0.2, -0.15) is 0 Å². The van der Waals surface area contributed by atoms with Crippen molar-refractivity contribution in [1.82, 2.24) is 19.8 Å². The number of halogens is 1. The number of imidazole rings is 1. The third kappa shape index (κ3) is 5.27. The molecule has 0 aliphatic heterocycles. The van der Waals surface area contributed by atoms with Gasteiger partial charge in [0.1, 0.15) is 12.4 Å². The smallest absolute Gasteiger partial charge is 0.251 e. The number of carbonyl (C=O) groups excluding carboxylic acids is 2. The Morgan fingerprint density at radius 1 is 1.10 bits per heavy atom. The molecule has 0 aliphatic rings. The number of benzene rings is 2. The predicted molar refractivity (Wildman–Crippen MR) is 122 cm³/mol. The second-order valence-corrected chi connectivity index (χ2v) is 7.95. The summed E-state index contributed by atoms with van der Waals surface area (Å²) in [7, 11) is 0. The van der Waals surface area contributed by atoms with Gasteiger partial charge in [-0.15, -0.1) is 0 Å². The van der Waals surface area contributed by atoms with E-state index in [1.54, 1.807) is 12.1 Å². The van der Waals surface area contributed by atoms with Gasteiger partial charge in [0.05, 0.1) is 11.0 Å². The van der Waals surface area contributed by atoms with Crippen molar-refractivity contribution < 1.29 is 9.59 Å². The number of carbonyl (C=O) groups is 2. The minimum atomic E-state index is -0.0958. The highest BCUT2D eigenvalue weighted by molar-refractivity contribution is 9.10. The molecule has 1 aromatic heterocycles. The van der Waals surface area contributed by atoms with Crippen LogP contribution in [0.2, 0.25) is 0 Å². The number of aryl methyl sites for hydroxylation is 1. The Hall–Kier alpha value is -2.67. The largest absolute Gasteiger partial charge is 0.352 e. The summed E-state index contributed by atoms with van der Waals surface area (Å²) in [5.74, 6) is 0.863. The molecule has 0 unspecified atom stereocenters. The lowest BCUT2D eigenvalue weighted by molar-refractivity contribution is -0.131. The Bertz CT molecular complexity index is 1030. The summed E-state index contributed by atoms with van der Waals surface area (Å²) in [5, 5.41) is 2.95. The fourth-order valence-corrected chi connectivity index (χ4v) is 3.88. The van der Waals surface area contributed by atoms with Crippen molar-refractivity contribution in [2.75, 3.05) is 19.6 Å². The molecule has 0 radical (unpaired) electrons. The van der Waals surface area contributed by atoms with Crippen LogP contribution in [0, 0.1) is 0 Å². The van der Waals surface area contributed by atoms with E-state index in [4.69, 9.17) is 4.98 Å². The standard InChI is InChI=1S/C23H27BrN4O2/c1-3-27(4-2)22(29)16-28-20-12-6-5-11-19(20)26-21(28)13-8-14-25-23(30)17-9-7-10-18(24)15-17/h5-7,9-12,15H,3-4,8,13-14,16H2,1-2H3,(H,25,30). The number of fused-ring (bicyclic) bond motifs is 1. The average molecular weight is 471 g/mol. The Labute approximate surface area is 185 Å². The van der Waals surface area contributed by atoms with Crippen LogP contribution >= 0.6 is 15.9 Å². The number of nitrogens with one attached hydrogen (secondary N) is 1. The molecule has 6 nitrogen and oxygen atoms in total. The van der Waals surface area contributed by atoms with E-state index in [0.29, 0.717) is 31.6 Å². The summed E-state index contributed by atoms with van der Waals surface area (Å²) < 4.78 is 2.88. The fraction of sp³-hybridized carbons (Fsp3) is 0.348. The van der Waals surface area contributed by atoms with Crippen LogP contribution in [-0.2, 0) is 17.8 Å². The van der Waals surface area contributed by atoms with Crippen molar-refractivity contribution in [3.05, 3.63) is 64.4 Å². The van der Waals surface area contributed by atoms with Crippen molar-refractivity contribution in [3.8, 4) is 0 Å². The van der Waals surface area contributed by atoms with Crippen molar-refractivity contribution in [3.63, 3.8) is 0 Å². The minimum Gasteiger partial charge on any atom is -0.352 e. The van der Waals surface area contributed by atoms with Gasteiger partial charge in [0.2, 0.25) is 5.91 Å². The van der Waals surface area contributed by atoms with Gasteiger partial charge in [-0.05, 0) is 50.6 Å². The minimum absolute atomic E-state index is 0.0901. The summed E-state index contributed by atoms with van der Waals surface area (Å²) in [5.41, 5.74) is 2.48. The molecule has 0 aliphatic carbocycles. The van der Waals surface area contributed by atoms with Gasteiger partial charge in [0, 0.05) is 36.1 Å². The second kappa shape index (κ2) is 10.4. The maximum absolute atomic E-state index is 12.7. The maximum atomic E-state index is 12.7. The van der Waals surface area contributed by atoms with Crippen LogP contribution in [0.1, 0.15) is 36.5 Å². The molecule has 1 heterocycles. The van der Waals surface area contributed by atoms with Crippen molar-refractivity contribution in [1.29, 1.82) is 0 Å². The van der Waals surface area contributed by atoms with Crippen molar-refractivity contribution >= 4 is 38.8 Å². The van der Waals surface area contributed by atoms with E-state index in [9.17, 15) is 9.59 Å². The monoisotopic (exact) mass is 470 g/mol. The van der Waals surface area contributed by atoms with E-state index in [1.807, 2.05) is 59.7 Å². The Balaban J connectivity index is 1.66. The molecule has 3 rings (SSSR count). The molecule has 30 heavy (non-hydrogen) atoms. The first-order chi connectivity index (χ1) is 14.5. The van der Waals surface area contributed by atoms with Crippen molar-refractivity contribution in [2.24, 2.45) is 0 Å². The number of para-hydroxylation sites is 2. The second-order valence-electron chi connectivity index (χ2n) is 7.04. The van der Waals surface area contributed by atoms with E-state index in [0.717, 1.165) is 27.8 Å². The molecule has 0 fully saturated rings. The van der Waals surface area contributed by atoms with Crippen LogP contribution in [0.5, 0.6) is 0 Å². The maximum Gasteiger partial charge on any atom is 0.251 e. The van der Waals surface area contributed by atoms with E-state index in [2.05, 4.69) is 21.2 Å². The summed E-state index contributed by atoms with van der Waals surface area (Å²) >= 11 is 3.39. The Morgan fingerprint density at radius 2 is 1.87 bits per heavy atom. The van der Waals surface area contributed by atoms with Gasteiger partial charge in [-0.25, -0.2) is 4.98 Å². The zero-order chi connectivity index (χ0) is 21.5. The molecular weight excluding hydrogens is 444 g/mol. The number of rotatable bonds is 9. The third-order valence-electron chi connectivity index (χ3n) is 5.09. The van der Waals surface area contributed by atoms with Gasteiger partial charge < -0.3 is 14.8 Å². The summed E-state index contributed by atoms with van der Waals surface area (Å²) in [6.45, 7) is 6.18. The molecule has 0 bridgehead atoms. The zero-order valence-electron chi connectivity index (χ0n) is 17.4. The number of likely N-dealkylation sites (N-methyl/N-ethyl adjacent to an activating group) is 1. The lowest BCUT2D eigenvalue weighted by atomic mass is 10.2. The van der Waals surface area contributed by atoms with E-state index < -0.39 is 0 Å². The fourth-order valence-electron chi connectivity index (χ4n) is 3.48. The first-order valence-corrected chi connectivity index (χ1v) is 11.1. The van der Waals surface area contributed by atoms with Crippen LogP contribution in [0.3, 0.4) is 0 Å². The van der Waals surface area contributed by atoms with E-state index in [1.165, 1.54) is 0 Å². The Kier molecular flexibility index (Phi) is 7.63. The van der Waals surface area contributed by atoms with Gasteiger partial charge in [-0.1, -0.05) is 34.1 Å². The SMILES string of the molecule is CCN(CC)C(=O)Cn1c(CCCNC(=O)c2cccc(Br)c2)nc2ccccc21. The first kappa shape index (κ1) is 22.0. The normalized spacial score (nSPS) is 10.9. The summed E-state index contributed by atoms with van der Waals surface area (Å²) in [6, 6.07) is 15.2. The Morgan fingerprint density at radius 3 is 2.60 bits per heavy atom. The number of aromatic nitrogens is 2. The number of nitrogens with zero attached hydrogens (tertiary/aromatic N) is 3. The number of amides is 2. The number of hydrogen-bond donors (Lipinski definition) is 1. The lowest BCUT2D eigenvalue weighted by Gasteiger charge is -2.20. The first-order valence-electron chi connectivity index (χ1n) is 10.3. The molecule has 3 aromatic rings. The average Bonchev–Trinajstić information content (AvgIpc) is 3.09. The van der Waals surface area contributed by atoms with E-state index >= 15 is 0 Å². The molecule has 0 saturated heterocycles. The topological polar surface area (TPSA) is 67.2 Å². The zero-order valence-corrected chi connectivity index (χ0v) is 19.0. The quantitative estimate of drug-likeness (QED) is 0.480. The van der Waals surface area contributed by atoms with Crippen LogP contribution in [0.25, 0.3) is 11.0 Å². The summed E-state index contributed by atoms with van der Waals surface area (Å²) in [6.07, 6.45) is 1.42. The molecule has 0 saturated carbocycles. The molecule has 0 atom stereocenters. The number of hydrogen-bond acceptors (Lipinski definition) is 3. The van der Waals surface area contributed by atoms with Crippen LogP contribution in [0.4, 0.5) is 0 Å². The van der Waals surface area contributed by atoms with Crippen LogP contribution in [0.15, 0.2) is 53.0 Å². The highest BCUT2D eigenvalue weighted by Gasteiger charge is 2.16. The molecule has 0 spiro atoms. The van der Waals surface area contributed by atoms with E-state index in [-0.39, 0.29) is 18.4 Å². The molecular formula is C23H27BrN4O2. The third-order valence-corrected chi connectivity index (χ3v) is 5.59. The predicted octanol–water partition coefficient (Wildman–Crippen LogP) is 4.03. The summed E-state index contributed by atoms with van der Waals surface area (Å²) in [4.78, 5) is 31.6. The lowest BCUT2D eigenvalue weighted by Crippen LogP contribution is -2.33. The van der Waals surface area contributed by atoms with Crippen LogP contribution < -0.4 is 5.32 Å². The molecule has 2 amide bonds.